The molecule has 3 N–H and O–H groups in total. The van der Waals surface area contributed by atoms with Crippen LogP contribution >= 0.6 is 0 Å². The first-order chi connectivity index (χ1) is 7.67. The second-order valence-electron chi connectivity index (χ2n) is 3.03. The van der Waals surface area contributed by atoms with Crippen molar-refractivity contribution >= 4 is 17.5 Å². The van der Waals surface area contributed by atoms with Crippen molar-refractivity contribution in [3.05, 3.63) is 18.2 Å². The number of anilines is 2. The molecular weight excluding hydrogens is 208 g/mol. The minimum absolute atomic E-state index is 0.322. The summed E-state index contributed by atoms with van der Waals surface area (Å²) in [4.78, 5) is 11.2. The molecule has 5 heteroatoms. The van der Waals surface area contributed by atoms with Gasteiger partial charge in [0.05, 0.1) is 24.6 Å². The standard InChI is InChI=1S/C11H16N2O3/c1-3-15-8-5-6-10(9(12)7-8)13-11(14)16-4-2/h5-7H,3-4,12H2,1-2H3,(H,13,14). The molecule has 1 aromatic rings. The predicted octanol–water partition coefficient (Wildman–Crippen LogP) is 2.24. The quantitative estimate of drug-likeness (QED) is 0.769. The van der Waals surface area contributed by atoms with Crippen LogP contribution in [0.5, 0.6) is 5.75 Å². The fourth-order valence-electron chi connectivity index (χ4n) is 1.19. The molecule has 0 saturated carbocycles. The fourth-order valence-corrected chi connectivity index (χ4v) is 1.19. The lowest BCUT2D eigenvalue weighted by Crippen LogP contribution is -2.14. The average molecular weight is 224 g/mol. The summed E-state index contributed by atoms with van der Waals surface area (Å²) in [5.41, 5.74) is 6.70. The highest BCUT2D eigenvalue weighted by atomic mass is 16.5. The van der Waals surface area contributed by atoms with E-state index in [1.54, 1.807) is 25.1 Å². The van der Waals surface area contributed by atoms with E-state index in [9.17, 15) is 4.79 Å². The lowest BCUT2D eigenvalue weighted by atomic mass is 10.2. The van der Waals surface area contributed by atoms with Crippen LogP contribution in [0, 0.1) is 0 Å². The molecule has 0 saturated heterocycles. The largest absolute Gasteiger partial charge is 0.494 e. The molecule has 1 rings (SSSR count). The van der Waals surface area contributed by atoms with Crippen LogP contribution in [0.1, 0.15) is 13.8 Å². The molecule has 16 heavy (non-hydrogen) atoms. The molecule has 1 amide bonds. The van der Waals surface area contributed by atoms with Gasteiger partial charge in [0.1, 0.15) is 5.75 Å². The maximum Gasteiger partial charge on any atom is 0.411 e. The van der Waals surface area contributed by atoms with Gasteiger partial charge in [-0.2, -0.15) is 0 Å². The Kier molecular flexibility index (Phi) is 4.44. The van der Waals surface area contributed by atoms with Gasteiger partial charge in [-0.05, 0) is 26.0 Å². The molecule has 0 bridgehead atoms. The first-order valence-electron chi connectivity index (χ1n) is 5.13. The Morgan fingerprint density at radius 1 is 1.38 bits per heavy atom. The Morgan fingerprint density at radius 3 is 2.69 bits per heavy atom. The highest BCUT2D eigenvalue weighted by molar-refractivity contribution is 5.89. The number of nitrogen functional groups attached to an aromatic ring is 1. The molecular formula is C11H16N2O3. The van der Waals surface area contributed by atoms with Crippen LogP contribution in [-0.4, -0.2) is 19.3 Å². The molecule has 0 heterocycles. The molecule has 0 aromatic heterocycles. The number of ether oxygens (including phenoxy) is 2. The molecule has 0 radical (unpaired) electrons. The Labute approximate surface area is 94.5 Å². The van der Waals surface area contributed by atoms with Gasteiger partial charge in [0.15, 0.2) is 0 Å². The molecule has 1 aromatic carbocycles. The highest BCUT2D eigenvalue weighted by Gasteiger charge is 2.06. The Hall–Kier alpha value is -1.91. The van der Waals surface area contributed by atoms with Gasteiger partial charge in [-0.15, -0.1) is 0 Å². The minimum atomic E-state index is -0.515. The van der Waals surface area contributed by atoms with E-state index >= 15 is 0 Å². The topological polar surface area (TPSA) is 73.6 Å². The molecule has 0 aliphatic heterocycles. The van der Waals surface area contributed by atoms with E-state index < -0.39 is 6.09 Å². The minimum Gasteiger partial charge on any atom is -0.494 e. The molecule has 0 aliphatic rings. The summed E-state index contributed by atoms with van der Waals surface area (Å²) >= 11 is 0. The van der Waals surface area contributed by atoms with Gasteiger partial charge in [-0.3, -0.25) is 5.32 Å². The maximum atomic E-state index is 11.2. The van der Waals surface area contributed by atoms with E-state index in [4.69, 9.17) is 15.2 Å². The number of rotatable bonds is 4. The van der Waals surface area contributed by atoms with Gasteiger partial charge < -0.3 is 15.2 Å². The van der Waals surface area contributed by atoms with Crippen LogP contribution in [0.3, 0.4) is 0 Å². The van der Waals surface area contributed by atoms with Crippen molar-refractivity contribution in [3.8, 4) is 5.75 Å². The van der Waals surface area contributed by atoms with Crippen molar-refractivity contribution in [2.75, 3.05) is 24.3 Å². The van der Waals surface area contributed by atoms with Gasteiger partial charge in [0.2, 0.25) is 0 Å². The van der Waals surface area contributed by atoms with E-state index in [0.717, 1.165) is 0 Å². The van der Waals surface area contributed by atoms with Crippen molar-refractivity contribution in [2.45, 2.75) is 13.8 Å². The number of benzene rings is 1. The van der Waals surface area contributed by atoms with E-state index in [1.165, 1.54) is 0 Å². The highest BCUT2D eigenvalue weighted by Crippen LogP contribution is 2.24. The van der Waals surface area contributed by atoms with E-state index in [0.29, 0.717) is 30.3 Å². The summed E-state index contributed by atoms with van der Waals surface area (Å²) in [5, 5.41) is 2.54. The number of hydrogen-bond acceptors (Lipinski definition) is 4. The van der Waals surface area contributed by atoms with Crippen molar-refractivity contribution in [3.63, 3.8) is 0 Å². The smallest absolute Gasteiger partial charge is 0.411 e. The molecule has 0 aliphatic carbocycles. The second-order valence-corrected chi connectivity index (χ2v) is 3.03. The zero-order valence-corrected chi connectivity index (χ0v) is 9.45. The predicted molar refractivity (Wildman–Crippen MR) is 62.7 cm³/mol. The first kappa shape index (κ1) is 12.2. The summed E-state index contributed by atoms with van der Waals surface area (Å²) in [7, 11) is 0. The van der Waals surface area contributed by atoms with Crippen LogP contribution in [0.25, 0.3) is 0 Å². The lowest BCUT2D eigenvalue weighted by Gasteiger charge is -2.10. The third-order valence-electron chi connectivity index (χ3n) is 1.85. The number of nitrogens with two attached hydrogens (primary N) is 1. The first-order valence-corrected chi connectivity index (χ1v) is 5.13. The van der Waals surface area contributed by atoms with Gasteiger partial charge in [-0.25, -0.2) is 4.79 Å². The fraction of sp³-hybridized carbons (Fsp3) is 0.364. The summed E-state index contributed by atoms with van der Waals surface area (Å²) in [6, 6.07) is 5.07. The number of carbonyl (C=O) groups excluding carboxylic acids is 1. The van der Waals surface area contributed by atoms with Crippen molar-refractivity contribution < 1.29 is 14.3 Å². The summed E-state index contributed by atoms with van der Waals surface area (Å²) in [6.07, 6.45) is -0.515. The molecule has 0 unspecified atom stereocenters. The second kappa shape index (κ2) is 5.85. The van der Waals surface area contributed by atoms with E-state index in [2.05, 4.69) is 5.32 Å². The summed E-state index contributed by atoms with van der Waals surface area (Å²) < 4.78 is 10.0. The third kappa shape index (κ3) is 3.34. The van der Waals surface area contributed by atoms with Crippen molar-refractivity contribution in [1.82, 2.24) is 0 Å². The van der Waals surface area contributed by atoms with Crippen LogP contribution in [0.15, 0.2) is 18.2 Å². The normalized spacial score (nSPS) is 9.62. The Bertz CT molecular complexity index is 366. The molecule has 88 valence electrons. The van der Waals surface area contributed by atoms with Crippen LogP contribution < -0.4 is 15.8 Å². The monoisotopic (exact) mass is 224 g/mol. The third-order valence-corrected chi connectivity index (χ3v) is 1.85. The maximum absolute atomic E-state index is 11.2. The Balaban J connectivity index is 2.71. The number of nitrogens with one attached hydrogen (secondary N) is 1. The number of hydrogen-bond donors (Lipinski definition) is 2. The number of carbonyl (C=O) groups is 1. The van der Waals surface area contributed by atoms with Gasteiger partial charge >= 0.3 is 6.09 Å². The summed E-state index contributed by atoms with van der Waals surface area (Å²) in [5.74, 6) is 0.675. The zero-order chi connectivity index (χ0) is 12.0. The average Bonchev–Trinajstić information content (AvgIpc) is 2.23. The number of amides is 1. The SMILES string of the molecule is CCOC(=O)Nc1ccc(OCC)cc1N. The molecule has 5 nitrogen and oxygen atoms in total. The van der Waals surface area contributed by atoms with Crippen LogP contribution in [0.4, 0.5) is 16.2 Å². The Morgan fingerprint density at radius 2 is 2.12 bits per heavy atom. The van der Waals surface area contributed by atoms with E-state index in [1.807, 2.05) is 6.92 Å². The van der Waals surface area contributed by atoms with Crippen LogP contribution in [0.2, 0.25) is 0 Å². The van der Waals surface area contributed by atoms with Crippen LogP contribution in [-0.2, 0) is 4.74 Å². The molecule has 0 spiro atoms. The zero-order valence-electron chi connectivity index (χ0n) is 9.45. The lowest BCUT2D eigenvalue weighted by molar-refractivity contribution is 0.168. The van der Waals surface area contributed by atoms with Gasteiger partial charge in [0.25, 0.3) is 0 Å². The van der Waals surface area contributed by atoms with Crippen molar-refractivity contribution in [2.24, 2.45) is 0 Å². The van der Waals surface area contributed by atoms with Gasteiger partial charge in [0, 0.05) is 6.07 Å². The van der Waals surface area contributed by atoms with E-state index in [-0.39, 0.29) is 0 Å². The molecule has 0 atom stereocenters. The van der Waals surface area contributed by atoms with Gasteiger partial charge in [-0.1, -0.05) is 0 Å². The molecule has 0 fully saturated rings. The summed E-state index contributed by atoms with van der Waals surface area (Å²) in [6.45, 7) is 4.52. The van der Waals surface area contributed by atoms with Crippen molar-refractivity contribution in [1.29, 1.82) is 0 Å².